The van der Waals surface area contributed by atoms with Crippen LogP contribution in [-0.2, 0) is 4.79 Å². The Morgan fingerprint density at radius 3 is 2.85 bits per heavy atom. The molecule has 0 spiro atoms. The fourth-order valence-electron chi connectivity index (χ4n) is 3.72. The van der Waals surface area contributed by atoms with E-state index >= 15 is 0 Å². The summed E-state index contributed by atoms with van der Waals surface area (Å²) in [6.07, 6.45) is -0.166. The van der Waals surface area contributed by atoms with Gasteiger partial charge >= 0.3 is 0 Å². The van der Waals surface area contributed by atoms with Crippen molar-refractivity contribution in [3.05, 3.63) is 29.6 Å². The maximum absolute atomic E-state index is 13.6. The van der Waals surface area contributed by atoms with E-state index in [1.807, 2.05) is 17.0 Å². The summed E-state index contributed by atoms with van der Waals surface area (Å²) >= 11 is 0. The summed E-state index contributed by atoms with van der Waals surface area (Å²) < 4.78 is 27.0. The average Bonchev–Trinajstić information content (AvgIpc) is 3.27. The zero-order valence-corrected chi connectivity index (χ0v) is 14.9. The number of anilines is 1. The minimum Gasteiger partial charge on any atom is -0.371 e. The summed E-state index contributed by atoms with van der Waals surface area (Å²) in [7, 11) is 0. The Morgan fingerprint density at radius 2 is 2.11 bits per heavy atom. The molecule has 2 aliphatic rings. The van der Waals surface area contributed by atoms with Crippen LogP contribution in [0.5, 0.6) is 0 Å². The van der Waals surface area contributed by atoms with Crippen molar-refractivity contribution >= 4 is 11.6 Å². The number of nitrogens with one attached hydrogen (secondary N) is 1. The van der Waals surface area contributed by atoms with E-state index in [2.05, 4.69) is 5.32 Å². The van der Waals surface area contributed by atoms with Crippen LogP contribution in [0.3, 0.4) is 0 Å². The van der Waals surface area contributed by atoms with E-state index < -0.39 is 18.0 Å². The third-order valence-corrected chi connectivity index (χ3v) is 5.09. The molecule has 1 aromatic carbocycles. The molecule has 8 heteroatoms. The zero-order valence-electron chi connectivity index (χ0n) is 14.9. The second-order valence-corrected chi connectivity index (χ2v) is 7.07. The van der Waals surface area contributed by atoms with Gasteiger partial charge in [0, 0.05) is 31.7 Å². The Morgan fingerprint density at radius 1 is 1.30 bits per heavy atom. The Hall–Kier alpha value is -2.71. The lowest BCUT2D eigenvalue weighted by Gasteiger charge is -2.21. The van der Waals surface area contributed by atoms with Crippen molar-refractivity contribution in [3.8, 4) is 12.1 Å². The van der Waals surface area contributed by atoms with Crippen LogP contribution < -0.4 is 10.2 Å². The van der Waals surface area contributed by atoms with Crippen LogP contribution in [0.4, 0.5) is 14.5 Å². The molecule has 1 N–H and O–H groups in total. The number of carbonyl (C=O) groups excluding carboxylic acids is 1. The van der Waals surface area contributed by atoms with Gasteiger partial charge in [0.2, 0.25) is 5.91 Å². The molecule has 0 saturated carbocycles. The van der Waals surface area contributed by atoms with Gasteiger partial charge in [-0.05, 0) is 30.5 Å². The van der Waals surface area contributed by atoms with Crippen LogP contribution >= 0.6 is 0 Å². The molecule has 3 atom stereocenters. The largest absolute Gasteiger partial charge is 0.371 e. The number of hydrogen-bond acceptors (Lipinski definition) is 5. The molecule has 0 radical (unpaired) electrons. The van der Waals surface area contributed by atoms with Gasteiger partial charge in [-0.2, -0.15) is 10.5 Å². The highest BCUT2D eigenvalue weighted by molar-refractivity contribution is 5.79. The van der Waals surface area contributed by atoms with Crippen LogP contribution in [0.25, 0.3) is 0 Å². The molecule has 2 fully saturated rings. The molecule has 2 aliphatic heterocycles. The Bertz CT molecular complexity index is 787. The summed E-state index contributed by atoms with van der Waals surface area (Å²) in [6, 6.07) is 7.55. The second-order valence-electron chi connectivity index (χ2n) is 7.07. The number of nitrogens with zero attached hydrogens (tertiary/aromatic N) is 4. The van der Waals surface area contributed by atoms with Crippen molar-refractivity contribution in [2.24, 2.45) is 5.92 Å². The number of hydrogen-bond donors (Lipinski definition) is 1. The molecule has 2 saturated heterocycles. The van der Waals surface area contributed by atoms with Gasteiger partial charge in [-0.3, -0.25) is 4.79 Å². The van der Waals surface area contributed by atoms with Crippen molar-refractivity contribution in [3.63, 3.8) is 0 Å². The van der Waals surface area contributed by atoms with Crippen molar-refractivity contribution in [1.82, 2.24) is 10.2 Å². The highest BCUT2D eigenvalue weighted by Gasteiger charge is 2.35. The lowest BCUT2D eigenvalue weighted by atomic mass is 10.1. The number of rotatable bonds is 5. The van der Waals surface area contributed by atoms with Crippen molar-refractivity contribution in [2.75, 3.05) is 37.6 Å². The number of carbonyl (C=O) groups is 1. The summed E-state index contributed by atoms with van der Waals surface area (Å²) in [5, 5.41) is 21.1. The molecule has 2 heterocycles. The van der Waals surface area contributed by atoms with Gasteiger partial charge in [0.25, 0.3) is 0 Å². The highest BCUT2D eigenvalue weighted by Crippen LogP contribution is 2.25. The van der Waals surface area contributed by atoms with Crippen LogP contribution in [-0.4, -0.2) is 55.7 Å². The summed E-state index contributed by atoms with van der Waals surface area (Å²) in [5.74, 6) is -0.411. The van der Waals surface area contributed by atoms with Crippen molar-refractivity contribution < 1.29 is 13.6 Å². The van der Waals surface area contributed by atoms with E-state index in [9.17, 15) is 13.6 Å². The standard InChI is InChI=1S/C19H21F2N5O/c20-15-3-14(7-22)4-17(5-15)25-2-1-13(11-25)9-24-10-19(27)26-12-16(21)6-18(26)8-23/h3-5,13,16,18,24H,1-2,6,9-12H2/t13-,16+,18+/m1/s1. The number of nitriles is 2. The van der Waals surface area contributed by atoms with E-state index in [-0.39, 0.29) is 31.3 Å². The molecule has 0 aliphatic carbocycles. The van der Waals surface area contributed by atoms with Gasteiger partial charge in [0.05, 0.1) is 30.8 Å². The Balaban J connectivity index is 1.47. The van der Waals surface area contributed by atoms with E-state index in [0.717, 1.165) is 13.0 Å². The minimum atomic E-state index is -1.13. The summed E-state index contributed by atoms with van der Waals surface area (Å²) in [5.41, 5.74) is 0.981. The predicted octanol–water partition coefficient (Wildman–Crippen LogP) is 1.58. The van der Waals surface area contributed by atoms with E-state index in [0.29, 0.717) is 24.3 Å². The smallest absolute Gasteiger partial charge is 0.237 e. The van der Waals surface area contributed by atoms with Gasteiger partial charge in [0.1, 0.15) is 18.0 Å². The van der Waals surface area contributed by atoms with Crippen molar-refractivity contribution in [1.29, 1.82) is 10.5 Å². The monoisotopic (exact) mass is 373 g/mol. The first-order valence-electron chi connectivity index (χ1n) is 8.99. The van der Waals surface area contributed by atoms with Gasteiger partial charge in [0.15, 0.2) is 0 Å². The van der Waals surface area contributed by atoms with Crippen molar-refractivity contribution in [2.45, 2.75) is 25.1 Å². The SMILES string of the molecule is N#Cc1cc(F)cc(N2CC[C@H](CNCC(=O)N3C[C@@H](F)C[C@H]3C#N)C2)c1. The maximum atomic E-state index is 13.6. The first-order valence-corrected chi connectivity index (χ1v) is 8.99. The molecule has 142 valence electrons. The van der Waals surface area contributed by atoms with Gasteiger partial charge in [-0.1, -0.05) is 0 Å². The third kappa shape index (κ3) is 4.53. The number of alkyl halides is 1. The average molecular weight is 373 g/mol. The summed E-state index contributed by atoms with van der Waals surface area (Å²) in [4.78, 5) is 15.5. The maximum Gasteiger partial charge on any atom is 0.237 e. The highest BCUT2D eigenvalue weighted by atomic mass is 19.1. The van der Waals surface area contributed by atoms with Gasteiger partial charge in [-0.15, -0.1) is 0 Å². The van der Waals surface area contributed by atoms with E-state index in [1.54, 1.807) is 6.07 Å². The molecule has 27 heavy (non-hydrogen) atoms. The van der Waals surface area contributed by atoms with E-state index in [4.69, 9.17) is 10.5 Å². The minimum absolute atomic E-state index is 0.0171. The van der Waals surface area contributed by atoms with Crippen LogP contribution in [0.15, 0.2) is 18.2 Å². The van der Waals surface area contributed by atoms with Gasteiger partial charge in [-0.25, -0.2) is 8.78 Å². The normalized spacial score (nSPS) is 24.7. The van der Waals surface area contributed by atoms with E-state index in [1.165, 1.54) is 17.0 Å². The predicted molar refractivity (Wildman–Crippen MR) is 94.9 cm³/mol. The molecule has 1 amide bonds. The Kier molecular flexibility index (Phi) is 5.88. The quantitative estimate of drug-likeness (QED) is 0.847. The first kappa shape index (κ1) is 19.1. The topological polar surface area (TPSA) is 83.2 Å². The number of likely N-dealkylation sites (tertiary alicyclic amines) is 1. The molecule has 3 rings (SSSR count). The molecule has 0 aromatic heterocycles. The Labute approximate surface area is 157 Å². The number of benzene rings is 1. The lowest BCUT2D eigenvalue weighted by molar-refractivity contribution is -0.130. The molecule has 0 unspecified atom stereocenters. The number of amides is 1. The third-order valence-electron chi connectivity index (χ3n) is 5.09. The molecule has 6 nitrogen and oxygen atoms in total. The lowest BCUT2D eigenvalue weighted by Crippen LogP contribution is -2.42. The van der Waals surface area contributed by atoms with Crippen LogP contribution in [0.2, 0.25) is 0 Å². The number of halogens is 2. The first-order chi connectivity index (χ1) is 13.0. The van der Waals surface area contributed by atoms with Crippen LogP contribution in [0.1, 0.15) is 18.4 Å². The second kappa shape index (κ2) is 8.32. The fraction of sp³-hybridized carbons (Fsp3) is 0.526. The molecular weight excluding hydrogens is 352 g/mol. The fourth-order valence-corrected chi connectivity index (χ4v) is 3.72. The summed E-state index contributed by atoms with van der Waals surface area (Å²) in [6.45, 7) is 2.11. The van der Waals surface area contributed by atoms with Gasteiger partial charge < -0.3 is 15.1 Å². The molecular formula is C19H21F2N5O. The molecule has 1 aromatic rings. The molecule has 0 bridgehead atoms. The zero-order chi connectivity index (χ0) is 19.4. The van der Waals surface area contributed by atoms with Crippen LogP contribution in [0, 0.1) is 34.4 Å².